The van der Waals surface area contributed by atoms with Crippen LogP contribution in [-0.2, 0) is 17.9 Å². The van der Waals surface area contributed by atoms with Gasteiger partial charge in [-0.2, -0.15) is 4.80 Å². The summed E-state index contributed by atoms with van der Waals surface area (Å²) in [5, 5.41) is 15.4. The van der Waals surface area contributed by atoms with E-state index >= 15 is 0 Å². The summed E-state index contributed by atoms with van der Waals surface area (Å²) in [6, 6.07) is 17.2. The molecule has 132 valence electrons. The summed E-state index contributed by atoms with van der Waals surface area (Å²) in [6.07, 6.45) is 0. The SMILES string of the molecule is O=C(Cn1nnc(COc2ccccc2)n1)N1CCNc2ccccc21. The van der Waals surface area contributed by atoms with Gasteiger partial charge in [0.1, 0.15) is 12.3 Å². The minimum Gasteiger partial charge on any atom is -0.485 e. The maximum Gasteiger partial charge on any atom is 0.250 e. The summed E-state index contributed by atoms with van der Waals surface area (Å²) in [5.41, 5.74) is 1.83. The highest BCUT2D eigenvalue weighted by atomic mass is 16.5. The maximum atomic E-state index is 12.7. The molecule has 0 radical (unpaired) electrons. The van der Waals surface area contributed by atoms with Crippen molar-refractivity contribution in [2.45, 2.75) is 13.2 Å². The molecular formula is C18H18N6O2. The highest BCUT2D eigenvalue weighted by Crippen LogP contribution is 2.28. The molecule has 2 aromatic carbocycles. The van der Waals surface area contributed by atoms with Gasteiger partial charge in [0.15, 0.2) is 6.61 Å². The van der Waals surface area contributed by atoms with Gasteiger partial charge in [0.2, 0.25) is 5.82 Å². The predicted octanol–water partition coefficient (Wildman–Crippen LogP) is 1.71. The molecule has 1 amide bonds. The maximum absolute atomic E-state index is 12.7. The van der Waals surface area contributed by atoms with Crippen LogP contribution in [0.4, 0.5) is 11.4 Å². The van der Waals surface area contributed by atoms with Crippen LogP contribution in [-0.4, -0.2) is 39.2 Å². The van der Waals surface area contributed by atoms with Crippen molar-refractivity contribution in [2.24, 2.45) is 0 Å². The predicted molar refractivity (Wildman–Crippen MR) is 95.9 cm³/mol. The summed E-state index contributed by atoms with van der Waals surface area (Å²) >= 11 is 0. The third-order valence-corrected chi connectivity index (χ3v) is 4.03. The van der Waals surface area contributed by atoms with Crippen LogP contribution in [0, 0.1) is 0 Å². The first kappa shape index (κ1) is 16.1. The van der Waals surface area contributed by atoms with Crippen LogP contribution in [0.15, 0.2) is 54.6 Å². The van der Waals surface area contributed by atoms with E-state index in [9.17, 15) is 4.79 Å². The first-order valence-electron chi connectivity index (χ1n) is 8.37. The Balaban J connectivity index is 1.39. The van der Waals surface area contributed by atoms with Crippen LogP contribution in [0.1, 0.15) is 5.82 Å². The van der Waals surface area contributed by atoms with Gasteiger partial charge in [-0.05, 0) is 29.5 Å². The smallest absolute Gasteiger partial charge is 0.250 e. The van der Waals surface area contributed by atoms with E-state index in [1.807, 2.05) is 54.6 Å². The van der Waals surface area contributed by atoms with Crippen LogP contribution in [0.2, 0.25) is 0 Å². The first-order chi connectivity index (χ1) is 12.8. The molecule has 8 nitrogen and oxygen atoms in total. The lowest BCUT2D eigenvalue weighted by Gasteiger charge is -2.30. The second kappa shape index (κ2) is 7.22. The van der Waals surface area contributed by atoms with E-state index in [1.54, 1.807) is 4.90 Å². The Morgan fingerprint density at radius 3 is 2.81 bits per heavy atom. The summed E-state index contributed by atoms with van der Waals surface area (Å²) in [5.74, 6) is 1.09. The van der Waals surface area contributed by atoms with Crippen molar-refractivity contribution >= 4 is 17.3 Å². The largest absolute Gasteiger partial charge is 0.485 e. The molecule has 0 unspecified atom stereocenters. The van der Waals surface area contributed by atoms with Crippen molar-refractivity contribution in [3.63, 3.8) is 0 Å². The standard InChI is InChI=1S/C18H18N6O2/c25-18(23-11-10-19-15-8-4-5-9-16(15)23)12-24-21-17(20-22-24)13-26-14-6-2-1-3-7-14/h1-9,19H,10-13H2. The molecule has 1 N–H and O–H groups in total. The zero-order valence-electron chi connectivity index (χ0n) is 14.1. The van der Waals surface area contributed by atoms with E-state index in [1.165, 1.54) is 4.80 Å². The van der Waals surface area contributed by atoms with Crippen LogP contribution < -0.4 is 15.0 Å². The van der Waals surface area contributed by atoms with Gasteiger partial charge in [-0.15, -0.1) is 10.2 Å². The Labute approximate surface area is 150 Å². The van der Waals surface area contributed by atoms with E-state index in [4.69, 9.17) is 4.74 Å². The van der Waals surface area contributed by atoms with Gasteiger partial charge < -0.3 is 15.0 Å². The van der Waals surface area contributed by atoms with Crippen molar-refractivity contribution in [3.05, 3.63) is 60.4 Å². The second-order valence-electron chi connectivity index (χ2n) is 5.83. The highest BCUT2D eigenvalue weighted by molar-refractivity contribution is 5.97. The molecule has 0 fully saturated rings. The van der Waals surface area contributed by atoms with Gasteiger partial charge >= 0.3 is 0 Å². The molecule has 4 rings (SSSR count). The van der Waals surface area contributed by atoms with Crippen molar-refractivity contribution in [2.75, 3.05) is 23.3 Å². The molecule has 26 heavy (non-hydrogen) atoms. The minimum atomic E-state index is -0.0770. The molecule has 2 heterocycles. The molecule has 1 aromatic heterocycles. The topological polar surface area (TPSA) is 85.2 Å². The third kappa shape index (κ3) is 3.49. The molecule has 0 saturated carbocycles. The second-order valence-corrected chi connectivity index (χ2v) is 5.83. The number of nitrogens with one attached hydrogen (secondary N) is 1. The molecule has 8 heteroatoms. The number of carbonyl (C=O) groups excluding carboxylic acids is 1. The Kier molecular flexibility index (Phi) is 4.46. The van der Waals surface area contributed by atoms with Gasteiger partial charge in [-0.3, -0.25) is 4.79 Å². The first-order valence-corrected chi connectivity index (χ1v) is 8.37. The van der Waals surface area contributed by atoms with Gasteiger partial charge in [0.25, 0.3) is 5.91 Å². The molecule has 0 atom stereocenters. The Hall–Kier alpha value is -3.42. The number of hydrogen-bond acceptors (Lipinski definition) is 6. The van der Waals surface area contributed by atoms with Crippen molar-refractivity contribution < 1.29 is 9.53 Å². The molecule has 1 aliphatic heterocycles. The monoisotopic (exact) mass is 350 g/mol. The number of para-hydroxylation sites is 3. The fraction of sp³-hybridized carbons (Fsp3) is 0.222. The third-order valence-electron chi connectivity index (χ3n) is 4.03. The lowest BCUT2D eigenvalue weighted by Crippen LogP contribution is -2.41. The summed E-state index contributed by atoms with van der Waals surface area (Å²) in [7, 11) is 0. The summed E-state index contributed by atoms with van der Waals surface area (Å²) < 4.78 is 5.59. The van der Waals surface area contributed by atoms with E-state index < -0.39 is 0 Å². The zero-order chi connectivity index (χ0) is 17.8. The molecule has 3 aromatic rings. The number of rotatable bonds is 5. The fourth-order valence-electron chi connectivity index (χ4n) is 2.81. The molecule has 0 aliphatic carbocycles. The van der Waals surface area contributed by atoms with Gasteiger partial charge in [0.05, 0.1) is 11.4 Å². The zero-order valence-corrected chi connectivity index (χ0v) is 14.1. The Morgan fingerprint density at radius 2 is 1.92 bits per heavy atom. The number of hydrogen-bond donors (Lipinski definition) is 1. The molecule has 1 aliphatic rings. The van der Waals surface area contributed by atoms with Crippen LogP contribution >= 0.6 is 0 Å². The highest BCUT2D eigenvalue weighted by Gasteiger charge is 2.22. The minimum absolute atomic E-state index is 0.0344. The number of aromatic nitrogens is 4. The average Bonchev–Trinajstić information content (AvgIpc) is 3.14. The number of fused-ring (bicyclic) bond motifs is 1. The van der Waals surface area contributed by atoms with Crippen LogP contribution in [0.3, 0.4) is 0 Å². The quantitative estimate of drug-likeness (QED) is 0.754. The number of amides is 1. The van der Waals surface area contributed by atoms with Crippen LogP contribution in [0.25, 0.3) is 0 Å². The number of tetrazole rings is 1. The molecule has 0 bridgehead atoms. The van der Waals surface area contributed by atoms with Crippen molar-refractivity contribution in [1.82, 2.24) is 20.2 Å². The number of carbonyl (C=O) groups is 1. The molecular weight excluding hydrogens is 332 g/mol. The molecule has 0 saturated heterocycles. The summed E-state index contributed by atoms with van der Waals surface area (Å²) in [6.45, 7) is 1.56. The Morgan fingerprint density at radius 1 is 1.12 bits per heavy atom. The van der Waals surface area contributed by atoms with Crippen molar-refractivity contribution in [1.29, 1.82) is 0 Å². The normalized spacial score (nSPS) is 13.0. The summed E-state index contributed by atoms with van der Waals surface area (Å²) in [4.78, 5) is 15.7. The van der Waals surface area contributed by atoms with Gasteiger partial charge in [-0.1, -0.05) is 30.3 Å². The van der Waals surface area contributed by atoms with E-state index in [0.717, 1.165) is 17.1 Å². The fourth-order valence-corrected chi connectivity index (χ4v) is 2.81. The van der Waals surface area contributed by atoms with E-state index in [-0.39, 0.29) is 19.1 Å². The van der Waals surface area contributed by atoms with Crippen LogP contribution in [0.5, 0.6) is 5.75 Å². The average molecular weight is 350 g/mol. The number of nitrogens with zero attached hydrogens (tertiary/aromatic N) is 5. The Bertz CT molecular complexity index is 895. The van der Waals surface area contributed by atoms with Crippen molar-refractivity contribution in [3.8, 4) is 5.75 Å². The molecule has 0 spiro atoms. The van der Waals surface area contributed by atoms with Gasteiger partial charge in [0, 0.05) is 13.1 Å². The number of anilines is 2. The van der Waals surface area contributed by atoms with Gasteiger partial charge in [-0.25, -0.2) is 0 Å². The number of ether oxygens (including phenoxy) is 1. The van der Waals surface area contributed by atoms with E-state index in [0.29, 0.717) is 18.9 Å². The number of benzene rings is 2. The lowest BCUT2D eigenvalue weighted by atomic mass is 10.2. The van der Waals surface area contributed by atoms with E-state index in [2.05, 4.69) is 20.7 Å². The lowest BCUT2D eigenvalue weighted by molar-refractivity contribution is -0.119.